The molecular weight excluding hydrogens is 417 g/mol. The Morgan fingerprint density at radius 2 is 2.06 bits per heavy atom. The first kappa shape index (κ1) is 21.1. The van der Waals surface area contributed by atoms with Gasteiger partial charge in [0.15, 0.2) is 11.6 Å². The summed E-state index contributed by atoms with van der Waals surface area (Å²) in [6.45, 7) is 2.26. The molecule has 4 N–H and O–H groups in total. The number of pyridine rings is 2. The van der Waals surface area contributed by atoms with E-state index in [2.05, 4.69) is 9.97 Å². The number of hydrogen-bond donors (Lipinski definition) is 2. The van der Waals surface area contributed by atoms with E-state index < -0.39 is 6.10 Å². The first-order valence-corrected chi connectivity index (χ1v) is 11.2. The Hall–Kier alpha value is -3.74. The summed E-state index contributed by atoms with van der Waals surface area (Å²) in [4.78, 5) is 14.0. The predicted octanol–water partition coefficient (Wildman–Crippen LogP) is 4.95. The van der Waals surface area contributed by atoms with Crippen LogP contribution in [-0.4, -0.2) is 15.7 Å². The van der Waals surface area contributed by atoms with Crippen LogP contribution in [0, 0.1) is 11.7 Å². The molecule has 7 heteroatoms. The van der Waals surface area contributed by atoms with E-state index in [0.29, 0.717) is 23.8 Å². The molecule has 1 aliphatic carbocycles. The van der Waals surface area contributed by atoms with Gasteiger partial charge in [-0.1, -0.05) is 6.07 Å². The van der Waals surface area contributed by atoms with Crippen molar-refractivity contribution < 1.29 is 9.13 Å². The quantitative estimate of drug-likeness (QED) is 0.597. The summed E-state index contributed by atoms with van der Waals surface area (Å²) >= 11 is 0. The highest BCUT2D eigenvalue weighted by molar-refractivity contribution is 6.12. The van der Waals surface area contributed by atoms with Crippen LogP contribution < -0.4 is 16.2 Å². The third-order valence-electron chi connectivity index (χ3n) is 6.18. The monoisotopic (exact) mass is 443 g/mol. The third kappa shape index (κ3) is 4.31. The topological polar surface area (TPSA) is 99.4 Å². The van der Waals surface area contributed by atoms with E-state index in [1.54, 1.807) is 24.7 Å². The van der Waals surface area contributed by atoms with Crippen molar-refractivity contribution in [2.75, 3.05) is 5.73 Å². The minimum atomic E-state index is -0.485. The van der Waals surface area contributed by atoms with E-state index in [-0.39, 0.29) is 11.6 Å². The highest BCUT2D eigenvalue weighted by Gasteiger charge is 2.26. The molecule has 2 aliphatic rings. The Kier molecular flexibility index (Phi) is 5.54. The van der Waals surface area contributed by atoms with E-state index in [1.807, 2.05) is 25.1 Å². The third-order valence-corrected chi connectivity index (χ3v) is 6.18. The average molecular weight is 444 g/mol. The molecule has 1 aromatic carbocycles. The lowest BCUT2D eigenvalue weighted by Crippen LogP contribution is -2.13. The summed E-state index contributed by atoms with van der Waals surface area (Å²) in [6, 6.07) is 10.4. The maximum absolute atomic E-state index is 14.2. The Bertz CT molecular complexity index is 1270. The van der Waals surface area contributed by atoms with E-state index in [9.17, 15) is 4.39 Å². The lowest BCUT2D eigenvalue weighted by atomic mass is 9.96. The number of ether oxygens (including phenoxy) is 1. The normalized spacial score (nSPS) is 18.2. The number of fused-ring (bicyclic) bond motifs is 5. The SMILES string of the molecule is CC1Oc2cc(cnc2N)C(C(=CN)CC2CC2)=NCc2cccnc2-c2ccc(F)cc21. The fourth-order valence-electron chi connectivity index (χ4n) is 4.25. The number of aromatic nitrogens is 2. The first-order valence-electron chi connectivity index (χ1n) is 11.2. The maximum Gasteiger partial charge on any atom is 0.166 e. The summed E-state index contributed by atoms with van der Waals surface area (Å²) in [7, 11) is 0. The fraction of sp³-hybridized carbons (Fsp3) is 0.269. The highest BCUT2D eigenvalue weighted by Crippen LogP contribution is 2.38. The highest BCUT2D eigenvalue weighted by atomic mass is 19.1. The summed E-state index contributed by atoms with van der Waals surface area (Å²) in [5.41, 5.74) is 17.9. The number of benzene rings is 1. The smallest absolute Gasteiger partial charge is 0.166 e. The van der Waals surface area contributed by atoms with E-state index in [0.717, 1.165) is 40.1 Å². The van der Waals surface area contributed by atoms with Gasteiger partial charge >= 0.3 is 0 Å². The number of rotatable bonds is 3. The van der Waals surface area contributed by atoms with Crippen molar-refractivity contribution in [2.45, 2.75) is 38.8 Å². The molecule has 1 saturated carbocycles. The molecular formula is C26H26FN5O. The zero-order valence-corrected chi connectivity index (χ0v) is 18.5. The number of hydrogen-bond acceptors (Lipinski definition) is 6. The molecule has 6 nitrogen and oxygen atoms in total. The van der Waals surface area contributed by atoms with Crippen molar-refractivity contribution in [3.63, 3.8) is 0 Å². The fourth-order valence-corrected chi connectivity index (χ4v) is 4.25. The van der Waals surface area contributed by atoms with Gasteiger partial charge < -0.3 is 16.2 Å². The van der Waals surface area contributed by atoms with Crippen LogP contribution in [-0.2, 0) is 6.54 Å². The molecule has 2 bridgehead atoms. The van der Waals surface area contributed by atoms with Crippen LogP contribution in [0.25, 0.3) is 11.3 Å². The second-order valence-corrected chi connectivity index (χ2v) is 8.61. The number of nitrogens with zero attached hydrogens (tertiary/aromatic N) is 3. The van der Waals surface area contributed by atoms with Gasteiger partial charge in [-0.05, 0) is 79.8 Å². The molecule has 1 atom stereocenters. The number of halogens is 1. The zero-order valence-electron chi connectivity index (χ0n) is 18.5. The lowest BCUT2D eigenvalue weighted by molar-refractivity contribution is 0.227. The Labute approximate surface area is 192 Å². The summed E-state index contributed by atoms with van der Waals surface area (Å²) in [5, 5.41) is 0. The molecule has 1 fully saturated rings. The van der Waals surface area contributed by atoms with Crippen LogP contribution in [0.2, 0.25) is 0 Å². The Morgan fingerprint density at radius 1 is 1.21 bits per heavy atom. The summed E-state index contributed by atoms with van der Waals surface area (Å²) in [5.74, 6) is 0.982. The summed E-state index contributed by atoms with van der Waals surface area (Å²) in [6.07, 6.45) is 7.87. The predicted molar refractivity (Wildman–Crippen MR) is 127 cm³/mol. The molecule has 2 aromatic heterocycles. The van der Waals surface area contributed by atoms with Gasteiger partial charge in [0.25, 0.3) is 0 Å². The number of allylic oxidation sites excluding steroid dienone is 1. The van der Waals surface area contributed by atoms with E-state index >= 15 is 0 Å². The first-order chi connectivity index (χ1) is 16.0. The van der Waals surface area contributed by atoms with Crippen LogP contribution >= 0.6 is 0 Å². The second kappa shape index (κ2) is 8.65. The van der Waals surface area contributed by atoms with Gasteiger partial charge in [0.1, 0.15) is 11.9 Å². The minimum Gasteiger partial charge on any atom is -0.482 e. The average Bonchev–Trinajstić information content (AvgIpc) is 3.64. The molecule has 3 heterocycles. The van der Waals surface area contributed by atoms with E-state index in [1.165, 1.54) is 25.0 Å². The van der Waals surface area contributed by atoms with Gasteiger partial charge in [-0.3, -0.25) is 9.98 Å². The van der Waals surface area contributed by atoms with Crippen LogP contribution in [0.4, 0.5) is 10.2 Å². The van der Waals surface area contributed by atoms with Gasteiger partial charge in [0.05, 0.1) is 18.0 Å². The van der Waals surface area contributed by atoms with Gasteiger partial charge in [-0.25, -0.2) is 9.37 Å². The molecule has 168 valence electrons. The van der Waals surface area contributed by atoms with Crippen LogP contribution in [0.15, 0.2) is 65.6 Å². The number of aliphatic imine (C=N–C) groups is 1. The Balaban J connectivity index is 1.71. The molecule has 5 rings (SSSR count). The van der Waals surface area contributed by atoms with Crippen LogP contribution in [0.1, 0.15) is 49.0 Å². The standard InChI is InChI=1S/C26H26FN5O/c1-15-22-11-20(27)6-7-21(22)25-17(3-2-8-30-25)13-31-24(18(12-28)9-16-4-5-16)19-10-23(33-15)26(29)32-14-19/h2-3,6-8,10-12,14-16H,4-5,9,13,28H2,1H3,(H2,29,32). The molecule has 33 heavy (non-hydrogen) atoms. The van der Waals surface area contributed by atoms with Crippen molar-refractivity contribution in [1.29, 1.82) is 0 Å². The van der Waals surface area contributed by atoms with Crippen molar-refractivity contribution in [3.05, 3.63) is 83.1 Å². The van der Waals surface area contributed by atoms with Crippen molar-refractivity contribution in [2.24, 2.45) is 16.6 Å². The van der Waals surface area contributed by atoms with Crippen molar-refractivity contribution >= 4 is 11.5 Å². The number of nitrogen functional groups attached to an aromatic ring is 1. The second-order valence-electron chi connectivity index (χ2n) is 8.61. The summed E-state index contributed by atoms with van der Waals surface area (Å²) < 4.78 is 20.5. The maximum atomic E-state index is 14.2. The van der Waals surface area contributed by atoms with Gasteiger partial charge in [-0.2, -0.15) is 0 Å². The molecule has 0 spiro atoms. The van der Waals surface area contributed by atoms with Crippen LogP contribution in [0.5, 0.6) is 5.75 Å². The molecule has 0 amide bonds. The number of anilines is 1. The largest absolute Gasteiger partial charge is 0.482 e. The van der Waals surface area contributed by atoms with Gasteiger partial charge in [0, 0.05) is 29.1 Å². The zero-order chi connectivity index (χ0) is 22.9. The minimum absolute atomic E-state index is 0.263. The Morgan fingerprint density at radius 3 is 2.85 bits per heavy atom. The lowest BCUT2D eigenvalue weighted by Gasteiger charge is -2.22. The van der Waals surface area contributed by atoms with Gasteiger partial charge in [-0.15, -0.1) is 0 Å². The molecule has 0 saturated heterocycles. The van der Waals surface area contributed by atoms with E-state index in [4.69, 9.17) is 21.2 Å². The molecule has 1 unspecified atom stereocenters. The van der Waals surface area contributed by atoms with Gasteiger partial charge in [0.2, 0.25) is 0 Å². The molecule has 1 aliphatic heterocycles. The number of nitrogens with two attached hydrogens (primary N) is 2. The molecule has 3 aromatic rings. The van der Waals surface area contributed by atoms with Crippen molar-refractivity contribution in [3.8, 4) is 17.0 Å². The van der Waals surface area contributed by atoms with Crippen LogP contribution in [0.3, 0.4) is 0 Å². The van der Waals surface area contributed by atoms with Crippen molar-refractivity contribution in [1.82, 2.24) is 9.97 Å². The molecule has 0 radical (unpaired) electrons.